The number of amides is 1. The topological polar surface area (TPSA) is 91.2 Å². The summed E-state index contributed by atoms with van der Waals surface area (Å²) in [6.07, 6.45) is 6.40. The van der Waals surface area contributed by atoms with Gasteiger partial charge in [0.25, 0.3) is 5.91 Å². The van der Waals surface area contributed by atoms with E-state index in [2.05, 4.69) is 20.3 Å². The maximum absolute atomic E-state index is 12.8. The summed E-state index contributed by atoms with van der Waals surface area (Å²) in [4.78, 5) is 26.3. The maximum atomic E-state index is 12.8. The number of ether oxygens (including phenoxy) is 2. The average molecular weight is 429 g/mol. The smallest absolute Gasteiger partial charge is 0.259 e. The monoisotopic (exact) mass is 429 g/mol. The first-order chi connectivity index (χ1) is 15.7. The van der Waals surface area contributed by atoms with Gasteiger partial charge in [-0.1, -0.05) is 24.3 Å². The molecular formula is C24H23N5O3. The molecule has 8 heteroatoms. The number of rotatable bonds is 5. The van der Waals surface area contributed by atoms with Gasteiger partial charge >= 0.3 is 0 Å². The number of hydrogen-bond donors (Lipinski definition) is 1. The number of nitrogens with one attached hydrogen (secondary N) is 1. The van der Waals surface area contributed by atoms with Crippen molar-refractivity contribution in [3.63, 3.8) is 0 Å². The van der Waals surface area contributed by atoms with E-state index in [0.717, 1.165) is 37.1 Å². The molecule has 2 aromatic carbocycles. The lowest BCUT2D eigenvalue weighted by molar-refractivity contribution is -0.0298. The highest BCUT2D eigenvalue weighted by Crippen LogP contribution is 2.30. The summed E-state index contributed by atoms with van der Waals surface area (Å²) in [6, 6.07) is 14.7. The predicted molar refractivity (Wildman–Crippen MR) is 121 cm³/mol. The third kappa shape index (κ3) is 3.80. The summed E-state index contributed by atoms with van der Waals surface area (Å²) in [5.41, 5.74) is 4.11. The zero-order chi connectivity index (χ0) is 21.9. The molecule has 1 amide bonds. The molecule has 1 aliphatic rings. The Morgan fingerprint density at radius 2 is 2.03 bits per heavy atom. The number of para-hydroxylation sites is 1. The summed E-state index contributed by atoms with van der Waals surface area (Å²) in [6.45, 7) is 0.746. The fourth-order valence-corrected chi connectivity index (χ4v) is 3.99. The number of anilines is 1. The number of benzene rings is 2. The normalized spacial score (nSPS) is 16.1. The van der Waals surface area contributed by atoms with Gasteiger partial charge in [0.2, 0.25) is 0 Å². The van der Waals surface area contributed by atoms with Crippen molar-refractivity contribution in [2.24, 2.45) is 0 Å². The lowest BCUT2D eigenvalue weighted by Gasteiger charge is -2.23. The van der Waals surface area contributed by atoms with Gasteiger partial charge in [-0.05, 0) is 43.5 Å². The zero-order valence-corrected chi connectivity index (χ0v) is 17.7. The summed E-state index contributed by atoms with van der Waals surface area (Å²) in [5.74, 6) is 0.278. The molecule has 32 heavy (non-hydrogen) atoms. The van der Waals surface area contributed by atoms with Crippen molar-refractivity contribution in [1.29, 1.82) is 0 Å². The highest BCUT2D eigenvalue weighted by atomic mass is 16.5. The van der Waals surface area contributed by atoms with Gasteiger partial charge in [0.15, 0.2) is 5.65 Å². The number of imidazole rings is 1. The number of fused-ring (bicyclic) bond motifs is 1. The molecule has 4 aromatic rings. The molecule has 1 N–H and O–H groups in total. The van der Waals surface area contributed by atoms with E-state index in [1.165, 1.54) is 0 Å². The predicted octanol–water partition coefficient (Wildman–Crippen LogP) is 4.45. The van der Waals surface area contributed by atoms with Gasteiger partial charge in [0.1, 0.15) is 29.5 Å². The lowest BCUT2D eigenvalue weighted by Crippen LogP contribution is -2.17. The largest absolute Gasteiger partial charge is 0.496 e. The Labute approximate surface area is 185 Å². The molecule has 0 aliphatic carbocycles. The molecule has 3 heterocycles. The molecule has 2 aromatic heterocycles. The van der Waals surface area contributed by atoms with Gasteiger partial charge < -0.3 is 14.8 Å². The average Bonchev–Trinajstić information content (AvgIpc) is 3.29. The summed E-state index contributed by atoms with van der Waals surface area (Å²) in [5, 5.41) is 2.94. The molecule has 1 atom stereocenters. The number of carbonyl (C=O) groups is 1. The standard InChI is InChI=1S/C24H23N5O3/c1-31-19-10-3-2-9-18(19)24(30)28-17-8-6-7-16(13-17)21-22-23(26-14-25-21)29(15-27-22)20-11-4-5-12-32-20/h2-3,6-10,13-15,20H,4-5,11-12H2,1H3,(H,28,30). The van der Waals surface area contributed by atoms with Crippen molar-refractivity contribution in [2.45, 2.75) is 25.5 Å². The minimum Gasteiger partial charge on any atom is -0.496 e. The van der Waals surface area contributed by atoms with E-state index >= 15 is 0 Å². The fraction of sp³-hybridized carbons (Fsp3) is 0.250. The van der Waals surface area contributed by atoms with E-state index in [1.807, 2.05) is 34.9 Å². The van der Waals surface area contributed by atoms with Crippen molar-refractivity contribution in [1.82, 2.24) is 19.5 Å². The van der Waals surface area contributed by atoms with E-state index in [-0.39, 0.29) is 12.1 Å². The molecule has 5 rings (SSSR count). The van der Waals surface area contributed by atoms with Crippen LogP contribution in [0.1, 0.15) is 35.8 Å². The molecule has 1 aliphatic heterocycles. The van der Waals surface area contributed by atoms with Gasteiger partial charge in [-0.15, -0.1) is 0 Å². The number of aromatic nitrogens is 4. The van der Waals surface area contributed by atoms with Crippen molar-refractivity contribution in [3.8, 4) is 17.0 Å². The first-order valence-corrected chi connectivity index (χ1v) is 10.6. The first kappa shape index (κ1) is 20.1. The molecule has 0 spiro atoms. The number of hydrogen-bond acceptors (Lipinski definition) is 6. The second kappa shape index (κ2) is 8.76. The molecule has 0 bridgehead atoms. The third-order valence-corrected chi connectivity index (χ3v) is 5.57. The van der Waals surface area contributed by atoms with Crippen LogP contribution in [0.4, 0.5) is 5.69 Å². The van der Waals surface area contributed by atoms with Crippen LogP contribution in [0.2, 0.25) is 0 Å². The summed E-state index contributed by atoms with van der Waals surface area (Å²) in [7, 11) is 1.55. The Kier molecular flexibility index (Phi) is 5.51. The van der Waals surface area contributed by atoms with Gasteiger partial charge in [-0.3, -0.25) is 9.36 Å². The van der Waals surface area contributed by atoms with E-state index < -0.39 is 0 Å². The third-order valence-electron chi connectivity index (χ3n) is 5.57. The van der Waals surface area contributed by atoms with E-state index in [1.54, 1.807) is 38.0 Å². The van der Waals surface area contributed by atoms with Crippen molar-refractivity contribution < 1.29 is 14.3 Å². The number of methoxy groups -OCH3 is 1. The quantitative estimate of drug-likeness (QED) is 0.504. The van der Waals surface area contributed by atoms with E-state index in [9.17, 15) is 4.79 Å². The molecule has 8 nitrogen and oxygen atoms in total. The summed E-state index contributed by atoms with van der Waals surface area (Å²) >= 11 is 0. The SMILES string of the molecule is COc1ccccc1C(=O)Nc1cccc(-c2ncnc3c2ncn3C2CCCCO2)c1. The Morgan fingerprint density at radius 3 is 2.88 bits per heavy atom. The Morgan fingerprint density at radius 1 is 1.12 bits per heavy atom. The molecular weight excluding hydrogens is 406 g/mol. The zero-order valence-electron chi connectivity index (χ0n) is 17.7. The molecule has 0 saturated carbocycles. The lowest BCUT2D eigenvalue weighted by atomic mass is 10.1. The number of carbonyl (C=O) groups excluding carboxylic acids is 1. The van der Waals surface area contributed by atoms with Crippen molar-refractivity contribution in [2.75, 3.05) is 19.0 Å². The van der Waals surface area contributed by atoms with Crippen LogP contribution in [0, 0.1) is 0 Å². The van der Waals surface area contributed by atoms with Crippen LogP contribution in [0.3, 0.4) is 0 Å². The Hall–Kier alpha value is -3.78. The van der Waals surface area contributed by atoms with Crippen LogP contribution in [0.15, 0.2) is 61.2 Å². The maximum Gasteiger partial charge on any atom is 0.259 e. The highest BCUT2D eigenvalue weighted by Gasteiger charge is 2.21. The van der Waals surface area contributed by atoms with Gasteiger partial charge in [0, 0.05) is 17.9 Å². The van der Waals surface area contributed by atoms with Crippen LogP contribution < -0.4 is 10.1 Å². The molecule has 1 unspecified atom stereocenters. The molecule has 1 fully saturated rings. The van der Waals surface area contributed by atoms with Crippen LogP contribution >= 0.6 is 0 Å². The van der Waals surface area contributed by atoms with Crippen LogP contribution in [0.25, 0.3) is 22.4 Å². The fourth-order valence-electron chi connectivity index (χ4n) is 3.99. The first-order valence-electron chi connectivity index (χ1n) is 10.6. The van der Waals surface area contributed by atoms with Crippen LogP contribution in [-0.4, -0.2) is 39.1 Å². The second-order valence-corrected chi connectivity index (χ2v) is 7.60. The Balaban J connectivity index is 1.45. The molecule has 162 valence electrons. The van der Waals surface area contributed by atoms with Gasteiger partial charge in [-0.25, -0.2) is 15.0 Å². The van der Waals surface area contributed by atoms with Crippen molar-refractivity contribution >= 4 is 22.8 Å². The van der Waals surface area contributed by atoms with E-state index in [0.29, 0.717) is 28.2 Å². The van der Waals surface area contributed by atoms with Crippen LogP contribution in [0.5, 0.6) is 5.75 Å². The Bertz CT molecular complexity index is 1260. The second-order valence-electron chi connectivity index (χ2n) is 7.60. The molecule has 1 saturated heterocycles. The van der Waals surface area contributed by atoms with Crippen LogP contribution in [-0.2, 0) is 4.74 Å². The van der Waals surface area contributed by atoms with Gasteiger partial charge in [0.05, 0.1) is 19.0 Å². The summed E-state index contributed by atoms with van der Waals surface area (Å²) < 4.78 is 13.2. The number of nitrogens with zero attached hydrogens (tertiary/aromatic N) is 4. The van der Waals surface area contributed by atoms with Crippen molar-refractivity contribution in [3.05, 3.63) is 66.7 Å². The highest BCUT2D eigenvalue weighted by molar-refractivity contribution is 6.06. The van der Waals surface area contributed by atoms with Gasteiger partial charge in [-0.2, -0.15) is 0 Å². The molecule has 0 radical (unpaired) electrons. The minimum absolute atomic E-state index is 0.0528. The minimum atomic E-state index is -0.244. The van der Waals surface area contributed by atoms with E-state index in [4.69, 9.17) is 9.47 Å².